The minimum Gasteiger partial charge on any atom is -0.485 e. The second-order valence-corrected chi connectivity index (χ2v) is 9.89. The zero-order valence-corrected chi connectivity index (χ0v) is 22.3. The highest BCUT2D eigenvalue weighted by molar-refractivity contribution is 7.11. The molecule has 0 aliphatic carbocycles. The molecule has 0 fully saturated rings. The molecule has 7 heteroatoms. The van der Waals surface area contributed by atoms with Crippen molar-refractivity contribution in [3.05, 3.63) is 124 Å². The van der Waals surface area contributed by atoms with E-state index in [4.69, 9.17) is 23.9 Å². The van der Waals surface area contributed by atoms with Crippen molar-refractivity contribution >= 4 is 23.0 Å². The van der Waals surface area contributed by atoms with Gasteiger partial charge in [0.05, 0.1) is 11.3 Å². The van der Waals surface area contributed by atoms with Gasteiger partial charge in [-0.2, -0.15) is 5.26 Å². The van der Waals surface area contributed by atoms with Crippen molar-refractivity contribution in [1.82, 2.24) is 4.98 Å². The number of rotatable bonds is 9. The topological polar surface area (TPSA) is 73.6 Å². The Hall–Kier alpha value is -5.06. The lowest BCUT2D eigenvalue weighted by Gasteiger charge is -2.14. The summed E-state index contributed by atoms with van der Waals surface area (Å²) in [6.45, 7) is 1.03. The molecule has 5 aromatic rings. The van der Waals surface area contributed by atoms with E-state index in [-0.39, 0.29) is 6.79 Å². The highest BCUT2D eigenvalue weighted by atomic mass is 32.1. The summed E-state index contributed by atoms with van der Waals surface area (Å²) in [5.74, 6) is 2.65. The van der Waals surface area contributed by atoms with Gasteiger partial charge in [-0.05, 0) is 53.1 Å². The Bertz CT molecular complexity index is 1690. The van der Waals surface area contributed by atoms with Crippen LogP contribution in [0.15, 0.2) is 102 Å². The van der Waals surface area contributed by atoms with Crippen molar-refractivity contribution in [2.45, 2.75) is 13.2 Å². The SMILES string of the molecule is N#C/C(=C/c1ccc(OCc2ccccc2)c(OCc2ccccc2)c1)c1nc(-c2ccc3c(c2)OCO3)cs1. The van der Waals surface area contributed by atoms with Crippen molar-refractivity contribution in [1.29, 1.82) is 5.26 Å². The van der Waals surface area contributed by atoms with Gasteiger partial charge in [-0.15, -0.1) is 11.3 Å². The summed E-state index contributed by atoms with van der Waals surface area (Å²) in [4.78, 5) is 4.73. The fourth-order valence-corrected chi connectivity index (χ4v) is 5.01. The number of nitriles is 1. The van der Waals surface area contributed by atoms with Gasteiger partial charge in [0.25, 0.3) is 0 Å². The van der Waals surface area contributed by atoms with Crippen molar-refractivity contribution in [3.8, 4) is 40.3 Å². The van der Waals surface area contributed by atoms with E-state index >= 15 is 0 Å². The maximum Gasteiger partial charge on any atom is 0.231 e. The quantitative estimate of drug-likeness (QED) is 0.177. The highest BCUT2D eigenvalue weighted by Crippen LogP contribution is 2.37. The van der Waals surface area contributed by atoms with E-state index in [0.29, 0.717) is 41.0 Å². The number of hydrogen-bond donors (Lipinski definition) is 0. The van der Waals surface area contributed by atoms with Gasteiger partial charge in [-0.3, -0.25) is 0 Å². The van der Waals surface area contributed by atoms with Crippen LogP contribution in [-0.2, 0) is 13.2 Å². The van der Waals surface area contributed by atoms with E-state index in [2.05, 4.69) is 6.07 Å². The Kier molecular flexibility index (Phi) is 7.42. The van der Waals surface area contributed by atoms with Crippen LogP contribution >= 0.6 is 11.3 Å². The van der Waals surface area contributed by atoms with Crippen LogP contribution in [0.1, 0.15) is 21.7 Å². The third-order valence-electron chi connectivity index (χ3n) is 6.28. The third kappa shape index (κ3) is 5.83. The monoisotopic (exact) mass is 544 g/mol. The third-order valence-corrected chi connectivity index (χ3v) is 7.15. The van der Waals surface area contributed by atoms with Crippen LogP contribution in [0, 0.1) is 11.3 Å². The number of thiazole rings is 1. The molecule has 4 aromatic carbocycles. The molecule has 0 radical (unpaired) electrons. The Balaban J connectivity index is 1.26. The fourth-order valence-electron chi connectivity index (χ4n) is 4.21. The molecule has 0 atom stereocenters. The van der Waals surface area contributed by atoms with Gasteiger partial charge in [0, 0.05) is 10.9 Å². The van der Waals surface area contributed by atoms with Crippen molar-refractivity contribution in [2.75, 3.05) is 6.79 Å². The van der Waals surface area contributed by atoms with Gasteiger partial charge in [0.2, 0.25) is 6.79 Å². The number of allylic oxidation sites excluding steroid dienone is 1. The van der Waals surface area contributed by atoms with Crippen LogP contribution in [0.5, 0.6) is 23.0 Å². The van der Waals surface area contributed by atoms with Crippen LogP contribution in [0.2, 0.25) is 0 Å². The summed E-state index contributed by atoms with van der Waals surface area (Å²) in [5, 5.41) is 12.6. The zero-order valence-electron chi connectivity index (χ0n) is 21.4. The first-order valence-electron chi connectivity index (χ1n) is 12.7. The molecule has 0 unspecified atom stereocenters. The van der Waals surface area contributed by atoms with Crippen LogP contribution in [-0.4, -0.2) is 11.8 Å². The Morgan fingerprint density at radius 1 is 0.825 bits per heavy atom. The van der Waals surface area contributed by atoms with Crippen LogP contribution in [0.25, 0.3) is 22.9 Å². The average Bonchev–Trinajstić information content (AvgIpc) is 3.69. The molecule has 1 aromatic heterocycles. The summed E-state index contributed by atoms with van der Waals surface area (Å²) in [6.07, 6.45) is 1.82. The lowest BCUT2D eigenvalue weighted by Crippen LogP contribution is -2.01. The van der Waals surface area contributed by atoms with Crippen LogP contribution < -0.4 is 18.9 Å². The largest absolute Gasteiger partial charge is 0.485 e. The molecule has 6 nitrogen and oxygen atoms in total. The van der Waals surface area contributed by atoms with E-state index in [9.17, 15) is 5.26 Å². The van der Waals surface area contributed by atoms with E-state index < -0.39 is 0 Å². The smallest absolute Gasteiger partial charge is 0.231 e. The Morgan fingerprint density at radius 2 is 1.52 bits per heavy atom. The molecule has 0 saturated carbocycles. The molecule has 0 spiro atoms. The molecule has 0 amide bonds. The normalized spacial score (nSPS) is 12.1. The van der Waals surface area contributed by atoms with Crippen LogP contribution in [0.4, 0.5) is 0 Å². The Morgan fingerprint density at radius 3 is 2.25 bits per heavy atom. The number of aromatic nitrogens is 1. The first kappa shape index (κ1) is 25.2. The maximum atomic E-state index is 9.99. The molecule has 196 valence electrons. The van der Waals surface area contributed by atoms with Crippen molar-refractivity contribution < 1.29 is 18.9 Å². The number of fused-ring (bicyclic) bond motifs is 1. The summed E-state index contributed by atoms with van der Waals surface area (Å²) in [5.41, 5.74) is 5.07. The van der Waals surface area contributed by atoms with Gasteiger partial charge in [-0.25, -0.2) is 4.98 Å². The van der Waals surface area contributed by atoms with E-state index in [1.54, 1.807) is 0 Å². The van der Waals surface area contributed by atoms with Gasteiger partial charge in [0.1, 0.15) is 24.3 Å². The molecule has 40 heavy (non-hydrogen) atoms. The van der Waals surface area contributed by atoms with Crippen molar-refractivity contribution in [3.63, 3.8) is 0 Å². The van der Waals surface area contributed by atoms with E-state index in [1.165, 1.54) is 11.3 Å². The predicted molar refractivity (Wildman–Crippen MR) is 155 cm³/mol. The summed E-state index contributed by atoms with van der Waals surface area (Å²) in [7, 11) is 0. The van der Waals surface area contributed by atoms with Gasteiger partial charge in [-0.1, -0.05) is 66.7 Å². The lowest BCUT2D eigenvalue weighted by atomic mass is 10.1. The number of benzene rings is 4. The van der Waals surface area contributed by atoms with Gasteiger partial charge in [0.15, 0.2) is 23.0 Å². The molecule has 0 saturated heterocycles. The average molecular weight is 545 g/mol. The number of hydrogen-bond acceptors (Lipinski definition) is 7. The second kappa shape index (κ2) is 11.8. The highest BCUT2D eigenvalue weighted by Gasteiger charge is 2.16. The Labute approximate surface area is 236 Å². The first-order valence-corrected chi connectivity index (χ1v) is 13.6. The fraction of sp³-hybridized carbons (Fsp3) is 0.0909. The van der Waals surface area contributed by atoms with E-state index in [1.807, 2.05) is 109 Å². The summed E-state index contributed by atoms with van der Waals surface area (Å²) < 4.78 is 23.2. The predicted octanol–water partition coefficient (Wildman–Crippen LogP) is 7.76. The molecule has 0 N–H and O–H groups in total. The number of ether oxygens (including phenoxy) is 4. The standard InChI is InChI=1S/C33H24N2O4S/c34-18-27(33-35-28(21-40-33)26-12-14-30-32(17-26)39-22-38-30)15-25-11-13-29(36-19-23-7-3-1-4-8-23)31(16-25)37-20-24-9-5-2-6-10-24/h1-17,21H,19-20,22H2/b27-15-. The summed E-state index contributed by atoms with van der Waals surface area (Å²) >= 11 is 1.42. The molecule has 6 rings (SSSR count). The molecule has 1 aliphatic heterocycles. The molecular weight excluding hydrogens is 520 g/mol. The van der Waals surface area contributed by atoms with Gasteiger partial charge >= 0.3 is 0 Å². The maximum absolute atomic E-state index is 9.99. The zero-order chi connectivity index (χ0) is 27.1. The minimum atomic E-state index is 0.218. The molecule has 2 heterocycles. The second-order valence-electron chi connectivity index (χ2n) is 9.03. The first-order chi connectivity index (χ1) is 19.7. The molecule has 1 aliphatic rings. The summed E-state index contributed by atoms with van der Waals surface area (Å²) in [6, 6.07) is 33.7. The number of nitrogens with zero attached hydrogens (tertiary/aromatic N) is 2. The van der Waals surface area contributed by atoms with E-state index in [0.717, 1.165) is 33.7 Å². The minimum absolute atomic E-state index is 0.218. The lowest BCUT2D eigenvalue weighted by molar-refractivity contribution is 0.174. The molecular formula is C33H24N2O4S. The molecule has 0 bridgehead atoms. The van der Waals surface area contributed by atoms with Crippen molar-refractivity contribution in [2.24, 2.45) is 0 Å². The van der Waals surface area contributed by atoms with Gasteiger partial charge < -0.3 is 18.9 Å². The van der Waals surface area contributed by atoms with Crippen LogP contribution in [0.3, 0.4) is 0 Å².